The highest BCUT2D eigenvalue weighted by atomic mass is 32.1. The highest BCUT2D eigenvalue weighted by molar-refractivity contribution is 7.80. The first-order chi connectivity index (χ1) is 9.58. The number of ether oxygens (including phenoxy) is 2. The molecule has 110 valence electrons. The van der Waals surface area contributed by atoms with Crippen molar-refractivity contribution in [3.63, 3.8) is 0 Å². The molecule has 0 heterocycles. The van der Waals surface area contributed by atoms with Crippen molar-refractivity contribution < 1.29 is 14.3 Å². The van der Waals surface area contributed by atoms with Gasteiger partial charge in [0.05, 0.1) is 18.8 Å². The Balaban J connectivity index is 2.71. The molecule has 0 spiro atoms. The van der Waals surface area contributed by atoms with Crippen LogP contribution in [0.4, 0.5) is 5.69 Å². The third-order valence-electron chi connectivity index (χ3n) is 2.59. The topological polar surface area (TPSA) is 59.6 Å². The van der Waals surface area contributed by atoms with Gasteiger partial charge in [-0.05, 0) is 43.8 Å². The summed E-state index contributed by atoms with van der Waals surface area (Å²) in [6.07, 6.45) is 0. The first-order valence-electron chi connectivity index (χ1n) is 6.40. The monoisotopic (exact) mass is 296 g/mol. The Morgan fingerprint density at radius 3 is 2.80 bits per heavy atom. The Bertz CT molecular complexity index is 477. The molecule has 0 bridgehead atoms. The van der Waals surface area contributed by atoms with E-state index < -0.39 is 0 Å². The minimum atomic E-state index is -0.339. The first-order valence-corrected chi connectivity index (χ1v) is 6.80. The quantitative estimate of drug-likeness (QED) is 0.476. The highest BCUT2D eigenvalue weighted by Crippen LogP contribution is 2.17. The number of nitrogens with one attached hydrogen (secondary N) is 2. The maximum atomic E-state index is 11.7. The van der Waals surface area contributed by atoms with Gasteiger partial charge in [0.15, 0.2) is 5.11 Å². The van der Waals surface area contributed by atoms with Crippen molar-refractivity contribution in [2.24, 2.45) is 0 Å². The van der Waals surface area contributed by atoms with Gasteiger partial charge in [-0.3, -0.25) is 0 Å². The molecule has 20 heavy (non-hydrogen) atoms. The number of rotatable bonds is 6. The van der Waals surface area contributed by atoms with Crippen molar-refractivity contribution in [2.45, 2.75) is 13.8 Å². The molecular weight excluding hydrogens is 276 g/mol. The van der Waals surface area contributed by atoms with E-state index >= 15 is 0 Å². The molecule has 1 aromatic rings. The Morgan fingerprint density at radius 2 is 2.15 bits per heavy atom. The first kappa shape index (κ1) is 16.4. The van der Waals surface area contributed by atoms with Crippen LogP contribution in [0, 0.1) is 6.92 Å². The Hall–Kier alpha value is -1.66. The maximum Gasteiger partial charge on any atom is 0.338 e. The third kappa shape index (κ3) is 5.14. The molecule has 0 fully saturated rings. The van der Waals surface area contributed by atoms with Gasteiger partial charge in [-0.15, -0.1) is 0 Å². The fourth-order valence-electron chi connectivity index (χ4n) is 1.53. The normalized spacial score (nSPS) is 9.95. The third-order valence-corrected chi connectivity index (χ3v) is 2.84. The number of esters is 1. The molecule has 2 N–H and O–H groups in total. The molecule has 0 unspecified atom stereocenters. The van der Waals surface area contributed by atoms with Crippen LogP contribution in [0.2, 0.25) is 0 Å². The number of methoxy groups -OCH3 is 1. The minimum Gasteiger partial charge on any atom is -0.462 e. The van der Waals surface area contributed by atoms with E-state index in [1.807, 2.05) is 13.0 Å². The summed E-state index contributed by atoms with van der Waals surface area (Å²) >= 11 is 5.18. The molecule has 0 amide bonds. The second kappa shape index (κ2) is 8.50. The van der Waals surface area contributed by atoms with Crippen LogP contribution in [-0.2, 0) is 9.47 Å². The number of hydrogen-bond acceptors (Lipinski definition) is 4. The van der Waals surface area contributed by atoms with E-state index in [4.69, 9.17) is 21.7 Å². The van der Waals surface area contributed by atoms with Gasteiger partial charge in [0, 0.05) is 19.3 Å². The van der Waals surface area contributed by atoms with Crippen LogP contribution in [0.5, 0.6) is 0 Å². The SMILES string of the molecule is CCOC(=O)c1ccc(C)c(NC(=S)NCCOC)c1. The van der Waals surface area contributed by atoms with Crippen molar-refractivity contribution in [3.8, 4) is 0 Å². The fourth-order valence-corrected chi connectivity index (χ4v) is 1.74. The van der Waals surface area contributed by atoms with E-state index in [0.29, 0.717) is 30.4 Å². The smallest absolute Gasteiger partial charge is 0.338 e. The zero-order valence-corrected chi connectivity index (χ0v) is 12.8. The molecule has 0 saturated heterocycles. The van der Waals surface area contributed by atoms with Crippen molar-refractivity contribution in [2.75, 3.05) is 32.2 Å². The minimum absolute atomic E-state index is 0.339. The summed E-state index contributed by atoms with van der Waals surface area (Å²) in [5, 5.41) is 6.57. The average Bonchev–Trinajstić information content (AvgIpc) is 2.42. The predicted octanol–water partition coefficient (Wildman–Crippen LogP) is 2.10. The molecule has 0 aliphatic carbocycles. The van der Waals surface area contributed by atoms with Crippen LogP contribution in [-0.4, -0.2) is 38.0 Å². The summed E-state index contributed by atoms with van der Waals surface area (Å²) in [5.74, 6) is -0.339. The number of thiocarbonyl (C=S) groups is 1. The molecule has 1 aromatic carbocycles. The van der Waals surface area contributed by atoms with Gasteiger partial charge in [-0.25, -0.2) is 4.79 Å². The lowest BCUT2D eigenvalue weighted by atomic mass is 10.1. The van der Waals surface area contributed by atoms with E-state index in [0.717, 1.165) is 11.3 Å². The number of hydrogen-bond donors (Lipinski definition) is 2. The summed E-state index contributed by atoms with van der Waals surface area (Å²) in [5.41, 5.74) is 2.28. The standard InChI is InChI=1S/C14H20N2O3S/c1-4-19-13(17)11-6-5-10(2)12(9-11)16-14(20)15-7-8-18-3/h5-6,9H,4,7-8H2,1-3H3,(H2,15,16,20). The van der Waals surface area contributed by atoms with Gasteiger partial charge in [0.1, 0.15) is 0 Å². The zero-order chi connectivity index (χ0) is 15.0. The zero-order valence-electron chi connectivity index (χ0n) is 12.0. The van der Waals surface area contributed by atoms with Crippen molar-refractivity contribution in [1.29, 1.82) is 0 Å². The Labute approximate surface area is 124 Å². The molecule has 0 atom stereocenters. The second-order valence-corrected chi connectivity index (χ2v) is 4.53. The van der Waals surface area contributed by atoms with Crippen LogP contribution < -0.4 is 10.6 Å². The molecular formula is C14H20N2O3S. The van der Waals surface area contributed by atoms with E-state index in [2.05, 4.69) is 10.6 Å². The number of anilines is 1. The number of benzene rings is 1. The molecule has 0 radical (unpaired) electrons. The van der Waals surface area contributed by atoms with Gasteiger partial charge in [-0.2, -0.15) is 0 Å². The highest BCUT2D eigenvalue weighted by Gasteiger charge is 2.09. The molecule has 0 aromatic heterocycles. The molecule has 6 heteroatoms. The summed E-state index contributed by atoms with van der Waals surface area (Å²) in [4.78, 5) is 11.7. The fraction of sp³-hybridized carbons (Fsp3) is 0.429. The van der Waals surface area contributed by atoms with Crippen LogP contribution in [0.1, 0.15) is 22.8 Å². The average molecular weight is 296 g/mol. The van der Waals surface area contributed by atoms with Crippen molar-refractivity contribution >= 4 is 29.0 Å². The number of carbonyl (C=O) groups is 1. The molecule has 0 aliphatic rings. The van der Waals surface area contributed by atoms with Crippen molar-refractivity contribution in [1.82, 2.24) is 5.32 Å². The second-order valence-electron chi connectivity index (χ2n) is 4.12. The van der Waals surface area contributed by atoms with E-state index in [1.165, 1.54) is 0 Å². The van der Waals surface area contributed by atoms with Crippen LogP contribution in [0.15, 0.2) is 18.2 Å². The molecule has 0 saturated carbocycles. The molecule has 1 rings (SSSR count). The maximum absolute atomic E-state index is 11.7. The predicted molar refractivity (Wildman–Crippen MR) is 83.2 cm³/mol. The summed E-state index contributed by atoms with van der Waals surface area (Å²) < 4.78 is 9.91. The van der Waals surface area contributed by atoms with E-state index in [-0.39, 0.29) is 5.97 Å². The van der Waals surface area contributed by atoms with Gasteiger partial charge in [0.25, 0.3) is 0 Å². The van der Waals surface area contributed by atoms with Crippen LogP contribution >= 0.6 is 12.2 Å². The van der Waals surface area contributed by atoms with Gasteiger partial charge in [0.2, 0.25) is 0 Å². The Kier molecular flexibility index (Phi) is 6.97. The van der Waals surface area contributed by atoms with Crippen LogP contribution in [0.25, 0.3) is 0 Å². The lowest BCUT2D eigenvalue weighted by Gasteiger charge is -2.13. The summed E-state index contributed by atoms with van der Waals surface area (Å²) in [7, 11) is 1.63. The van der Waals surface area contributed by atoms with Gasteiger partial charge < -0.3 is 20.1 Å². The van der Waals surface area contributed by atoms with E-state index in [1.54, 1.807) is 26.2 Å². The van der Waals surface area contributed by atoms with Crippen LogP contribution in [0.3, 0.4) is 0 Å². The Morgan fingerprint density at radius 1 is 1.40 bits per heavy atom. The molecule has 5 nitrogen and oxygen atoms in total. The van der Waals surface area contributed by atoms with Gasteiger partial charge >= 0.3 is 5.97 Å². The number of aryl methyl sites for hydroxylation is 1. The van der Waals surface area contributed by atoms with Gasteiger partial charge in [-0.1, -0.05) is 6.07 Å². The lowest BCUT2D eigenvalue weighted by Crippen LogP contribution is -2.31. The van der Waals surface area contributed by atoms with E-state index in [9.17, 15) is 4.79 Å². The summed E-state index contributed by atoms with van der Waals surface area (Å²) in [6, 6.07) is 5.32. The van der Waals surface area contributed by atoms with Crippen molar-refractivity contribution in [3.05, 3.63) is 29.3 Å². The largest absolute Gasteiger partial charge is 0.462 e. The molecule has 0 aliphatic heterocycles. The summed E-state index contributed by atoms with van der Waals surface area (Å²) in [6.45, 7) is 5.27. The number of carbonyl (C=O) groups excluding carboxylic acids is 1. The lowest BCUT2D eigenvalue weighted by molar-refractivity contribution is 0.0526.